The van der Waals surface area contributed by atoms with E-state index in [1.54, 1.807) is 17.4 Å². The van der Waals surface area contributed by atoms with Gasteiger partial charge >= 0.3 is 0 Å². The quantitative estimate of drug-likeness (QED) is 0.865. The van der Waals surface area contributed by atoms with Gasteiger partial charge in [0, 0.05) is 29.7 Å². The van der Waals surface area contributed by atoms with Crippen molar-refractivity contribution in [2.45, 2.75) is 32.9 Å². The Labute approximate surface area is 152 Å². The second-order valence-electron chi connectivity index (χ2n) is 6.46. The molecule has 0 radical (unpaired) electrons. The highest BCUT2D eigenvalue weighted by atomic mass is 32.1. The van der Waals surface area contributed by atoms with Crippen molar-refractivity contribution >= 4 is 28.8 Å². The molecule has 132 valence electrons. The van der Waals surface area contributed by atoms with E-state index in [-0.39, 0.29) is 24.4 Å². The van der Waals surface area contributed by atoms with Gasteiger partial charge in [-0.25, -0.2) is 0 Å². The van der Waals surface area contributed by atoms with Crippen molar-refractivity contribution < 1.29 is 9.59 Å². The van der Waals surface area contributed by atoms with E-state index in [9.17, 15) is 9.59 Å². The first-order valence-electron chi connectivity index (χ1n) is 8.51. The van der Waals surface area contributed by atoms with Crippen LogP contribution in [-0.4, -0.2) is 35.8 Å². The predicted octanol–water partition coefficient (Wildman–Crippen LogP) is 2.88. The van der Waals surface area contributed by atoms with Gasteiger partial charge < -0.3 is 15.5 Å². The fourth-order valence-electron chi connectivity index (χ4n) is 2.92. The molecule has 0 saturated carbocycles. The van der Waals surface area contributed by atoms with E-state index in [0.717, 1.165) is 13.0 Å². The standard InChI is InChI=1S/C19H23N3O2S/c1-13(2)21-19(24)15-5-3-4-6-16(15)20-11-18(23)22-9-7-17-14(12-22)8-10-25-17/h3-6,8,10,13,20H,7,9,11-12H2,1-2H3,(H,21,24). The molecule has 1 aliphatic heterocycles. The van der Waals surface area contributed by atoms with Crippen molar-refractivity contribution in [2.24, 2.45) is 0 Å². The number of rotatable bonds is 5. The molecule has 25 heavy (non-hydrogen) atoms. The molecule has 0 bridgehead atoms. The first kappa shape index (κ1) is 17.5. The summed E-state index contributed by atoms with van der Waals surface area (Å²) in [4.78, 5) is 28.1. The van der Waals surface area contributed by atoms with Gasteiger partial charge in [0.2, 0.25) is 5.91 Å². The zero-order valence-corrected chi connectivity index (χ0v) is 15.4. The zero-order chi connectivity index (χ0) is 17.8. The molecule has 0 saturated heterocycles. The minimum Gasteiger partial charge on any atom is -0.376 e. The summed E-state index contributed by atoms with van der Waals surface area (Å²) in [7, 11) is 0. The van der Waals surface area contributed by atoms with E-state index >= 15 is 0 Å². The summed E-state index contributed by atoms with van der Waals surface area (Å²) in [6.45, 7) is 5.46. The maximum absolute atomic E-state index is 12.5. The van der Waals surface area contributed by atoms with E-state index in [4.69, 9.17) is 0 Å². The summed E-state index contributed by atoms with van der Waals surface area (Å²) in [6, 6.07) is 9.44. The van der Waals surface area contributed by atoms with Crippen LogP contribution in [0.2, 0.25) is 0 Å². The monoisotopic (exact) mass is 357 g/mol. The molecule has 6 heteroatoms. The fourth-order valence-corrected chi connectivity index (χ4v) is 3.81. The lowest BCUT2D eigenvalue weighted by molar-refractivity contribution is -0.130. The fraction of sp³-hybridized carbons (Fsp3) is 0.368. The predicted molar refractivity (Wildman–Crippen MR) is 101 cm³/mol. The van der Waals surface area contributed by atoms with Crippen molar-refractivity contribution in [2.75, 3.05) is 18.4 Å². The van der Waals surface area contributed by atoms with Crippen molar-refractivity contribution in [1.82, 2.24) is 10.2 Å². The Hall–Kier alpha value is -2.34. The van der Waals surface area contributed by atoms with E-state index in [2.05, 4.69) is 22.1 Å². The van der Waals surface area contributed by atoms with Crippen molar-refractivity contribution in [3.63, 3.8) is 0 Å². The van der Waals surface area contributed by atoms with Crippen LogP contribution in [0.1, 0.15) is 34.6 Å². The molecule has 2 heterocycles. The number of amides is 2. The van der Waals surface area contributed by atoms with Gasteiger partial charge in [0.25, 0.3) is 5.91 Å². The van der Waals surface area contributed by atoms with Crippen LogP contribution in [0.15, 0.2) is 35.7 Å². The van der Waals surface area contributed by atoms with Crippen LogP contribution in [0, 0.1) is 0 Å². The number of carbonyl (C=O) groups is 2. The highest BCUT2D eigenvalue weighted by Crippen LogP contribution is 2.24. The maximum atomic E-state index is 12.5. The number of nitrogens with zero attached hydrogens (tertiary/aromatic N) is 1. The van der Waals surface area contributed by atoms with Crippen LogP contribution in [0.5, 0.6) is 0 Å². The molecule has 0 aliphatic carbocycles. The lowest BCUT2D eigenvalue weighted by Gasteiger charge is -2.27. The summed E-state index contributed by atoms with van der Waals surface area (Å²) in [6.07, 6.45) is 0.923. The molecule has 1 aromatic heterocycles. The zero-order valence-electron chi connectivity index (χ0n) is 14.5. The molecular formula is C19H23N3O2S. The van der Waals surface area contributed by atoms with E-state index in [1.165, 1.54) is 10.4 Å². The Bertz CT molecular complexity index is 770. The normalized spacial score (nSPS) is 13.5. The van der Waals surface area contributed by atoms with Gasteiger partial charge in [-0.2, -0.15) is 0 Å². The lowest BCUT2D eigenvalue weighted by Crippen LogP contribution is -2.39. The van der Waals surface area contributed by atoms with Gasteiger partial charge in [-0.1, -0.05) is 12.1 Å². The average molecular weight is 357 g/mol. The number of para-hydroxylation sites is 1. The Balaban J connectivity index is 1.62. The molecule has 3 rings (SSSR count). The van der Waals surface area contributed by atoms with E-state index in [0.29, 0.717) is 17.8 Å². The van der Waals surface area contributed by atoms with Crippen molar-refractivity contribution in [1.29, 1.82) is 0 Å². The van der Waals surface area contributed by atoms with Gasteiger partial charge in [-0.15, -0.1) is 11.3 Å². The summed E-state index contributed by atoms with van der Waals surface area (Å²) in [5.41, 5.74) is 2.49. The summed E-state index contributed by atoms with van der Waals surface area (Å²) >= 11 is 1.76. The third kappa shape index (κ3) is 4.20. The van der Waals surface area contributed by atoms with Crippen LogP contribution in [0.25, 0.3) is 0 Å². The first-order chi connectivity index (χ1) is 12.0. The topological polar surface area (TPSA) is 61.4 Å². The molecule has 2 N–H and O–H groups in total. The van der Waals surface area contributed by atoms with E-state index < -0.39 is 0 Å². The second-order valence-corrected chi connectivity index (χ2v) is 7.46. The molecule has 1 aliphatic rings. The molecule has 0 fully saturated rings. The third-order valence-electron chi connectivity index (χ3n) is 4.18. The van der Waals surface area contributed by atoms with Crippen LogP contribution in [0.4, 0.5) is 5.69 Å². The number of fused-ring (bicyclic) bond motifs is 1. The first-order valence-corrected chi connectivity index (χ1v) is 9.39. The Morgan fingerprint density at radius 3 is 2.84 bits per heavy atom. The van der Waals surface area contributed by atoms with Crippen LogP contribution in [-0.2, 0) is 17.8 Å². The van der Waals surface area contributed by atoms with Crippen LogP contribution >= 0.6 is 11.3 Å². The van der Waals surface area contributed by atoms with E-state index in [1.807, 2.05) is 36.9 Å². The number of nitrogens with one attached hydrogen (secondary N) is 2. The second kappa shape index (κ2) is 7.70. The number of thiophene rings is 1. The molecule has 2 amide bonds. The number of carbonyl (C=O) groups excluding carboxylic acids is 2. The maximum Gasteiger partial charge on any atom is 0.253 e. The van der Waals surface area contributed by atoms with Gasteiger partial charge in [0.05, 0.1) is 12.1 Å². The van der Waals surface area contributed by atoms with Gasteiger partial charge in [0.1, 0.15) is 0 Å². The van der Waals surface area contributed by atoms with Gasteiger partial charge in [-0.05, 0) is 49.4 Å². The minimum absolute atomic E-state index is 0.0518. The van der Waals surface area contributed by atoms with Gasteiger partial charge in [-0.3, -0.25) is 9.59 Å². The molecule has 5 nitrogen and oxygen atoms in total. The van der Waals surface area contributed by atoms with Crippen LogP contribution < -0.4 is 10.6 Å². The number of hydrogen-bond acceptors (Lipinski definition) is 4. The third-order valence-corrected chi connectivity index (χ3v) is 5.20. The van der Waals surface area contributed by atoms with Crippen LogP contribution in [0.3, 0.4) is 0 Å². The number of anilines is 1. The number of hydrogen-bond donors (Lipinski definition) is 2. The summed E-state index contributed by atoms with van der Waals surface area (Å²) in [5.74, 6) is -0.0812. The molecule has 0 atom stereocenters. The Morgan fingerprint density at radius 2 is 2.04 bits per heavy atom. The van der Waals surface area contributed by atoms with Gasteiger partial charge in [0.15, 0.2) is 0 Å². The van der Waals surface area contributed by atoms with Crippen molar-refractivity contribution in [3.8, 4) is 0 Å². The summed E-state index contributed by atoms with van der Waals surface area (Å²) in [5, 5.41) is 8.10. The Kier molecular flexibility index (Phi) is 5.38. The molecule has 0 unspecified atom stereocenters. The Morgan fingerprint density at radius 1 is 1.24 bits per heavy atom. The molecule has 0 spiro atoms. The molecule has 1 aromatic carbocycles. The highest BCUT2D eigenvalue weighted by Gasteiger charge is 2.21. The number of benzene rings is 1. The largest absolute Gasteiger partial charge is 0.376 e. The lowest BCUT2D eigenvalue weighted by atomic mass is 10.1. The SMILES string of the molecule is CC(C)NC(=O)c1ccccc1NCC(=O)N1CCc2sccc2C1. The smallest absolute Gasteiger partial charge is 0.253 e. The molecular weight excluding hydrogens is 334 g/mol. The highest BCUT2D eigenvalue weighted by molar-refractivity contribution is 7.10. The molecule has 2 aromatic rings. The summed E-state index contributed by atoms with van der Waals surface area (Å²) < 4.78 is 0. The minimum atomic E-state index is -0.133. The van der Waals surface area contributed by atoms with Crippen molar-refractivity contribution in [3.05, 3.63) is 51.7 Å². The average Bonchev–Trinajstić information content (AvgIpc) is 3.07.